The molecule has 0 spiro atoms. The predicted octanol–water partition coefficient (Wildman–Crippen LogP) is -0.564. The molecular formula is C70H84N6NaO20S2+. The molecule has 29 heteroatoms. The maximum atomic E-state index is 13.0. The van der Waals surface area contributed by atoms with Crippen LogP contribution in [-0.4, -0.2) is 223 Å². The van der Waals surface area contributed by atoms with Crippen LogP contribution in [0.4, 0.5) is 0 Å². The minimum absolute atomic E-state index is 0. The normalized spacial score (nSPS) is 21.7. The first-order valence-electron chi connectivity index (χ1n) is 32.1. The van der Waals surface area contributed by atoms with E-state index in [1.807, 2.05) is 72.8 Å². The van der Waals surface area contributed by atoms with Crippen LogP contribution in [0.2, 0.25) is 0 Å². The zero-order valence-electron chi connectivity index (χ0n) is 55.1. The summed E-state index contributed by atoms with van der Waals surface area (Å²) in [5.74, 6) is -8.99. The second-order valence-electron chi connectivity index (χ2n) is 24.0. The van der Waals surface area contributed by atoms with Gasteiger partial charge in [-0.25, -0.2) is 9.59 Å². The molecule has 8 rings (SSSR count). The number of hydrogen-bond donors (Lipinski definition) is 14. The van der Waals surface area contributed by atoms with Gasteiger partial charge < -0.3 is 91.7 Å². The van der Waals surface area contributed by atoms with Gasteiger partial charge in [0.1, 0.15) is 24.4 Å². The molecule has 14 N–H and O–H groups in total. The number of hydrogen-bond acceptors (Lipinski definition) is 20. The second kappa shape index (κ2) is 38.1. The number of aliphatic carboxylic acids is 2. The Morgan fingerprint density at radius 1 is 0.505 bits per heavy atom. The first-order chi connectivity index (χ1) is 46.9. The van der Waals surface area contributed by atoms with Gasteiger partial charge in [0.05, 0.1) is 62.6 Å². The fourth-order valence-corrected chi connectivity index (χ4v) is 13.1. The van der Waals surface area contributed by atoms with E-state index in [0.717, 1.165) is 46.5 Å². The van der Waals surface area contributed by atoms with Crippen LogP contribution in [0.1, 0.15) is 71.4 Å². The van der Waals surface area contributed by atoms with E-state index in [2.05, 4.69) is 31.9 Å². The molecular weight excluding hydrogens is 1330 g/mol. The fourth-order valence-electron chi connectivity index (χ4n) is 11.5. The van der Waals surface area contributed by atoms with E-state index in [1.165, 1.54) is 23.5 Å². The van der Waals surface area contributed by atoms with E-state index in [4.69, 9.17) is 18.9 Å². The molecule has 0 radical (unpaired) electrons. The molecule has 0 bridgehead atoms. The molecule has 0 aliphatic carbocycles. The zero-order chi connectivity index (χ0) is 70.5. The molecule has 2 aliphatic rings. The maximum absolute atomic E-state index is 13.0. The number of amides is 6. The summed E-state index contributed by atoms with van der Waals surface area (Å²) in [6, 6.07) is 37.5. The van der Waals surface area contributed by atoms with Gasteiger partial charge in [0, 0.05) is 75.5 Å². The van der Waals surface area contributed by atoms with Crippen LogP contribution in [0.15, 0.2) is 133 Å². The summed E-state index contributed by atoms with van der Waals surface area (Å²) in [6.07, 6.45) is -14.4. The van der Waals surface area contributed by atoms with E-state index in [9.17, 15) is 79.2 Å². The zero-order valence-corrected chi connectivity index (χ0v) is 58.7. The number of thioether (sulfide) groups is 2. The van der Waals surface area contributed by atoms with E-state index in [-0.39, 0.29) is 67.4 Å². The van der Waals surface area contributed by atoms with Gasteiger partial charge in [-0.3, -0.25) is 28.8 Å². The Morgan fingerprint density at radius 2 is 0.869 bits per heavy atom. The number of benzene rings is 6. The summed E-state index contributed by atoms with van der Waals surface area (Å²) in [7, 11) is 0. The topological polar surface area (TPSA) is 408 Å². The van der Waals surface area contributed by atoms with Crippen molar-refractivity contribution in [2.75, 3.05) is 62.4 Å². The molecule has 2 aliphatic heterocycles. The largest absolute Gasteiger partial charge is 1.00 e. The molecule has 2 unspecified atom stereocenters. The number of carbonyl (C=O) groups is 8. The third kappa shape index (κ3) is 22.4. The molecule has 12 atom stereocenters. The predicted molar refractivity (Wildman–Crippen MR) is 365 cm³/mol. The molecule has 26 nitrogen and oxygen atoms in total. The summed E-state index contributed by atoms with van der Waals surface area (Å²) in [5, 5.41) is 107. The molecule has 6 amide bonds. The number of fused-ring (bicyclic) bond motifs is 2. The van der Waals surface area contributed by atoms with Crippen molar-refractivity contribution in [3.05, 3.63) is 156 Å². The fraction of sp³-hybridized carbons (Fsp3) is 0.429. The average Bonchev–Trinajstić information content (AvgIpc) is 0.775. The minimum atomic E-state index is -2.47. The van der Waals surface area contributed by atoms with Crippen molar-refractivity contribution in [2.24, 2.45) is 0 Å². The summed E-state index contributed by atoms with van der Waals surface area (Å²) >= 11 is 2.92. The molecule has 6 aromatic carbocycles. The third-order valence-electron chi connectivity index (χ3n) is 16.6. The monoisotopic (exact) mass is 1420 g/mol. The number of carbonyl (C=O) groups excluding carboxylic acids is 6. The first kappa shape index (κ1) is 79.2. The summed E-state index contributed by atoms with van der Waals surface area (Å²) in [4.78, 5) is 102. The number of rotatable bonds is 35. The second-order valence-corrected chi connectivity index (χ2v) is 26.5. The van der Waals surface area contributed by atoms with Crippen molar-refractivity contribution < 1.29 is 128 Å². The number of aliphatic hydroxyl groups excluding tert-OH is 6. The van der Waals surface area contributed by atoms with Crippen LogP contribution in [0.25, 0.3) is 32.7 Å². The summed E-state index contributed by atoms with van der Waals surface area (Å²) in [6.45, 7) is 1.68. The van der Waals surface area contributed by atoms with Crippen molar-refractivity contribution in [3.8, 4) is 11.1 Å². The van der Waals surface area contributed by atoms with Crippen LogP contribution in [-0.2, 0) is 60.6 Å². The van der Waals surface area contributed by atoms with Gasteiger partial charge in [-0.1, -0.05) is 109 Å². The summed E-state index contributed by atoms with van der Waals surface area (Å²) in [5.41, 5.74) is 3.85. The Hall–Kier alpha value is -7.10. The van der Waals surface area contributed by atoms with E-state index >= 15 is 0 Å². The third-order valence-corrected chi connectivity index (χ3v) is 18.7. The van der Waals surface area contributed by atoms with Gasteiger partial charge in [0.15, 0.2) is 0 Å². The molecule has 2 heterocycles. The van der Waals surface area contributed by atoms with Gasteiger partial charge >= 0.3 is 41.5 Å². The van der Waals surface area contributed by atoms with E-state index in [0.29, 0.717) is 71.2 Å². The molecule has 526 valence electrons. The quantitative estimate of drug-likeness (QED) is 0.0175. The molecule has 6 aromatic rings. The van der Waals surface area contributed by atoms with Gasteiger partial charge in [0.2, 0.25) is 23.6 Å². The Kier molecular flexibility index (Phi) is 30.5. The molecule has 0 aromatic heterocycles. The van der Waals surface area contributed by atoms with Crippen LogP contribution < -0.4 is 61.5 Å². The van der Waals surface area contributed by atoms with Crippen molar-refractivity contribution in [1.82, 2.24) is 31.9 Å². The Morgan fingerprint density at radius 3 is 1.22 bits per heavy atom. The Bertz CT molecular complexity index is 3490. The number of carboxylic acid groups (broad SMARTS) is 2. The van der Waals surface area contributed by atoms with Crippen molar-refractivity contribution in [1.29, 1.82) is 0 Å². The number of nitrogens with one attached hydrogen (secondary N) is 6. The van der Waals surface area contributed by atoms with Crippen molar-refractivity contribution in [2.45, 2.75) is 125 Å². The number of carboxylic acids is 2. The van der Waals surface area contributed by atoms with Crippen LogP contribution >= 0.6 is 23.5 Å². The SMILES string of the molecule is CC(=O)N[C@@H]1[C@@H](O)C[C@](OCCCSCCNC(=O)c2ccc(-c3ccc(C(=O)NCCSCCCO[C@]4(C(=O)O)C[C@H](O)[C@@H](NC(C)=O)[C@H](C(O)[C@H](O)CNC(=O)Cc5ccc6ccccc6c5)O4)cc3)cc2)(C(=O)O)O[C@H]1C(O)[C@H](O)CNC(=O)Cc1ccc2ccccc2c1.[Na+]. The van der Waals surface area contributed by atoms with Crippen LogP contribution in [0, 0.1) is 0 Å². The standard InChI is InChI=1S/C70H84N6O20S2.Na/c1-41(77)75-59-53(79)37-69(67(89)90,95-63(59)61(85)55(81)39-73-57(83)35-43-13-15-45-9-3-5-11-51(45)33-43)93-27-7-29-97-31-25-71-65(87)49-21-17-47(18-22-49)48-19-23-50(24-20-48)66(88)72-26-32-98-30-8-28-94-70(68(91)92)38-54(80)60(76-42(2)78)64(96-70)62(86)56(82)40-74-58(84)36-44-14-16-46-10-4-6-12-52(46)34-44;/h3-6,9-24,33-34,53-56,59-64,79-82,85-86H,7-8,25-32,35-40H2,1-2H3,(H,71,87)(H,72,88)(H,73,83)(H,74,84)(H,75,77)(H,76,78)(H,89,90)(H,91,92);/q;+1/t53-,54-,55+,56+,59+,60+,61?,62?,63+,64+,69+,70+;/m0./s1. The van der Waals surface area contributed by atoms with E-state index in [1.54, 1.807) is 60.7 Å². The molecule has 2 fully saturated rings. The van der Waals surface area contributed by atoms with Crippen molar-refractivity contribution in [3.63, 3.8) is 0 Å². The van der Waals surface area contributed by atoms with Crippen molar-refractivity contribution >= 4 is 92.5 Å². The van der Waals surface area contributed by atoms with E-state index < -0.39 is 134 Å². The Balaban J connectivity index is 0.0000138. The first-order valence-corrected chi connectivity index (χ1v) is 34.4. The molecule has 0 saturated carbocycles. The van der Waals surface area contributed by atoms with Gasteiger partial charge in [0.25, 0.3) is 23.4 Å². The van der Waals surface area contributed by atoms with Gasteiger partial charge in [-0.2, -0.15) is 23.5 Å². The number of aliphatic hydroxyl groups is 6. The van der Waals surface area contributed by atoms with Gasteiger partial charge in [-0.05, 0) is 92.4 Å². The summed E-state index contributed by atoms with van der Waals surface area (Å²) < 4.78 is 23.2. The number of ether oxygens (including phenoxy) is 4. The molecule has 99 heavy (non-hydrogen) atoms. The van der Waals surface area contributed by atoms with Gasteiger partial charge in [-0.15, -0.1) is 0 Å². The minimum Gasteiger partial charge on any atom is -0.477 e. The molecule has 2 saturated heterocycles. The Labute approximate surface area is 602 Å². The maximum Gasteiger partial charge on any atom is 1.00 e. The van der Waals surface area contributed by atoms with Crippen LogP contribution in [0.3, 0.4) is 0 Å². The van der Waals surface area contributed by atoms with Crippen LogP contribution in [0.5, 0.6) is 0 Å². The smallest absolute Gasteiger partial charge is 0.477 e. The average molecular weight is 1420 g/mol.